The summed E-state index contributed by atoms with van der Waals surface area (Å²) in [5.74, 6) is -1.71. The number of hydrogen-bond donors (Lipinski definition) is 0. The molecule has 0 heterocycles. The van der Waals surface area contributed by atoms with Gasteiger partial charge in [-0.05, 0) is 12.8 Å². The van der Waals surface area contributed by atoms with Crippen LogP contribution in [-0.4, -0.2) is 75.5 Å². The molecule has 8 nitrogen and oxygen atoms in total. The lowest BCUT2D eigenvalue weighted by Gasteiger charge is -2.34. The molecule has 0 aromatic rings. The highest BCUT2D eigenvalue weighted by Crippen LogP contribution is 2.18. The molecule has 2 unspecified atom stereocenters. The monoisotopic (exact) mass is 880 g/mol. The molecule has 0 aliphatic rings. The Kier molecular flexibility index (Phi) is 44.6. The van der Waals surface area contributed by atoms with Crippen LogP contribution in [0.5, 0.6) is 0 Å². The van der Waals surface area contributed by atoms with E-state index in [0.717, 1.165) is 38.5 Å². The molecule has 0 fully saturated rings. The first-order valence-corrected chi connectivity index (χ1v) is 27.1. The van der Waals surface area contributed by atoms with E-state index in [4.69, 9.17) is 14.2 Å². The molecule has 0 amide bonds. The number of nitrogens with zero attached hydrogens (tertiary/aromatic N) is 1. The van der Waals surface area contributed by atoms with Crippen LogP contribution >= 0.6 is 0 Å². The van der Waals surface area contributed by atoms with Crippen LogP contribution in [0.15, 0.2) is 0 Å². The number of ether oxygens (including phenoxy) is 3. The van der Waals surface area contributed by atoms with Crippen molar-refractivity contribution in [2.75, 3.05) is 41.0 Å². The molecule has 0 aromatic heterocycles. The van der Waals surface area contributed by atoms with Crippen molar-refractivity contribution >= 4 is 17.9 Å². The molecule has 0 rings (SSSR count). The lowest BCUT2D eigenvalue weighted by molar-refractivity contribution is -0.889. The summed E-state index contributed by atoms with van der Waals surface area (Å²) in [6.07, 6.45) is 50.0. The summed E-state index contributed by atoms with van der Waals surface area (Å²) in [6, 6.07) is -0.720. The summed E-state index contributed by atoms with van der Waals surface area (Å²) in [6.45, 7) is 4.73. The van der Waals surface area contributed by atoms with Crippen molar-refractivity contribution < 1.29 is 38.2 Å². The maximum absolute atomic E-state index is 12.8. The number of esters is 2. The highest BCUT2D eigenvalue weighted by Gasteiger charge is 2.25. The summed E-state index contributed by atoms with van der Waals surface area (Å²) in [5, 5.41) is 11.7. The van der Waals surface area contributed by atoms with E-state index < -0.39 is 18.1 Å². The Morgan fingerprint density at radius 2 is 0.710 bits per heavy atom. The van der Waals surface area contributed by atoms with Crippen molar-refractivity contribution in [1.82, 2.24) is 0 Å². The zero-order valence-electron chi connectivity index (χ0n) is 42.1. The molecule has 0 bridgehead atoms. The number of unbranched alkanes of at least 4 members (excludes halogenated alkanes) is 36. The standard InChI is InChI=1S/C54H105NO7/c1-6-8-10-12-14-16-18-20-22-23-24-25-26-27-28-29-30-31-33-35-37-39-41-43-45-53(57)62-50(48-60-47-46-51(54(58)59)55(3,4)5)49-61-52(56)44-42-40-38-36-34-32-21-19-17-15-13-11-9-7-2/h50-51H,6-49H2,1-5H3. The second kappa shape index (κ2) is 45.9. The fourth-order valence-corrected chi connectivity index (χ4v) is 8.55. The van der Waals surface area contributed by atoms with Crippen LogP contribution in [0.2, 0.25) is 0 Å². The smallest absolute Gasteiger partial charge is 0.306 e. The van der Waals surface area contributed by atoms with Gasteiger partial charge in [0.25, 0.3) is 0 Å². The molecule has 0 saturated carbocycles. The molecular weight excluding hydrogens is 775 g/mol. The highest BCUT2D eigenvalue weighted by atomic mass is 16.6. The molecule has 62 heavy (non-hydrogen) atoms. The first-order chi connectivity index (χ1) is 30.1. The van der Waals surface area contributed by atoms with Crippen LogP contribution in [0.3, 0.4) is 0 Å². The number of rotatable bonds is 50. The van der Waals surface area contributed by atoms with E-state index in [0.29, 0.717) is 12.8 Å². The number of quaternary nitrogens is 1. The van der Waals surface area contributed by atoms with Gasteiger partial charge in [0.05, 0.1) is 40.3 Å². The van der Waals surface area contributed by atoms with Crippen molar-refractivity contribution in [3.63, 3.8) is 0 Å². The van der Waals surface area contributed by atoms with Crippen molar-refractivity contribution in [2.45, 2.75) is 289 Å². The molecule has 0 spiro atoms. The fourth-order valence-electron chi connectivity index (χ4n) is 8.55. The molecule has 0 N–H and O–H groups in total. The van der Waals surface area contributed by atoms with Crippen LogP contribution < -0.4 is 5.11 Å². The lowest BCUT2D eigenvalue weighted by atomic mass is 10.0. The van der Waals surface area contributed by atoms with Crippen molar-refractivity contribution in [1.29, 1.82) is 0 Å². The van der Waals surface area contributed by atoms with E-state index in [9.17, 15) is 19.5 Å². The Morgan fingerprint density at radius 1 is 0.419 bits per heavy atom. The predicted molar refractivity (Wildman–Crippen MR) is 259 cm³/mol. The van der Waals surface area contributed by atoms with Gasteiger partial charge in [-0.1, -0.05) is 245 Å². The zero-order valence-corrected chi connectivity index (χ0v) is 42.1. The normalized spacial score (nSPS) is 12.7. The summed E-state index contributed by atoms with van der Waals surface area (Å²) in [7, 11) is 5.43. The molecule has 0 saturated heterocycles. The summed E-state index contributed by atoms with van der Waals surface area (Å²) in [4.78, 5) is 37.0. The molecule has 0 radical (unpaired) electrons. The third-order valence-electron chi connectivity index (χ3n) is 12.7. The van der Waals surface area contributed by atoms with Crippen molar-refractivity contribution in [3.8, 4) is 0 Å². The van der Waals surface area contributed by atoms with Crippen LogP contribution in [0.4, 0.5) is 0 Å². The van der Waals surface area contributed by atoms with Crippen LogP contribution in [-0.2, 0) is 28.6 Å². The summed E-state index contributed by atoms with van der Waals surface area (Å²) >= 11 is 0. The minimum Gasteiger partial charge on any atom is -0.544 e. The zero-order chi connectivity index (χ0) is 45.6. The number of aliphatic carboxylic acids is 1. The molecule has 8 heteroatoms. The highest BCUT2D eigenvalue weighted by molar-refractivity contribution is 5.70. The lowest BCUT2D eigenvalue weighted by Crippen LogP contribution is -2.55. The average Bonchev–Trinajstić information content (AvgIpc) is 3.23. The van der Waals surface area contributed by atoms with E-state index in [1.54, 1.807) is 0 Å². The SMILES string of the molecule is CCCCCCCCCCCCCCCCCCCCCCCCCCC(=O)OC(COCCC(C(=O)[O-])[N+](C)(C)C)COC(=O)CCCCCCCCCCCCCCCC. The van der Waals surface area contributed by atoms with E-state index in [2.05, 4.69) is 13.8 Å². The molecule has 0 aliphatic heterocycles. The predicted octanol–water partition coefficient (Wildman–Crippen LogP) is 14.3. The molecule has 2 atom stereocenters. The number of carboxylic acids is 1. The molecule has 0 aliphatic carbocycles. The fraction of sp³-hybridized carbons (Fsp3) is 0.944. The van der Waals surface area contributed by atoms with Gasteiger partial charge in [0, 0.05) is 19.3 Å². The number of carbonyl (C=O) groups excluding carboxylic acids is 3. The van der Waals surface area contributed by atoms with Gasteiger partial charge in [-0.25, -0.2) is 0 Å². The second-order valence-corrected chi connectivity index (χ2v) is 19.8. The Hall–Kier alpha value is -1.67. The van der Waals surface area contributed by atoms with Gasteiger partial charge < -0.3 is 28.6 Å². The topological polar surface area (TPSA) is 102 Å². The maximum Gasteiger partial charge on any atom is 0.306 e. The molecule has 0 aromatic carbocycles. The van der Waals surface area contributed by atoms with E-state index >= 15 is 0 Å². The Labute approximate surface area is 385 Å². The van der Waals surface area contributed by atoms with Gasteiger partial charge in [0.1, 0.15) is 12.6 Å². The van der Waals surface area contributed by atoms with Crippen LogP contribution in [0, 0.1) is 0 Å². The Morgan fingerprint density at radius 3 is 1.00 bits per heavy atom. The maximum atomic E-state index is 12.8. The summed E-state index contributed by atoms with van der Waals surface area (Å²) in [5.41, 5.74) is 0. The largest absolute Gasteiger partial charge is 0.544 e. The van der Waals surface area contributed by atoms with Gasteiger partial charge in [0.15, 0.2) is 6.10 Å². The Balaban J connectivity index is 4.10. The molecular formula is C54H105NO7. The van der Waals surface area contributed by atoms with Gasteiger partial charge in [-0.3, -0.25) is 9.59 Å². The van der Waals surface area contributed by atoms with Gasteiger partial charge in [0.2, 0.25) is 0 Å². The van der Waals surface area contributed by atoms with E-state index in [-0.39, 0.29) is 42.7 Å². The van der Waals surface area contributed by atoms with E-state index in [1.807, 2.05) is 21.1 Å². The first-order valence-electron chi connectivity index (χ1n) is 27.1. The van der Waals surface area contributed by atoms with Crippen LogP contribution in [0.1, 0.15) is 277 Å². The number of hydrogen-bond acceptors (Lipinski definition) is 7. The number of carbonyl (C=O) groups is 3. The third kappa shape index (κ3) is 43.6. The molecule has 368 valence electrons. The summed E-state index contributed by atoms with van der Waals surface area (Å²) < 4.78 is 17.3. The van der Waals surface area contributed by atoms with Gasteiger partial charge in [-0.2, -0.15) is 0 Å². The average molecular weight is 880 g/mol. The van der Waals surface area contributed by atoms with Crippen molar-refractivity contribution in [3.05, 3.63) is 0 Å². The minimum absolute atomic E-state index is 0.0498. The number of carboxylic acid groups (broad SMARTS) is 1. The quantitative estimate of drug-likeness (QED) is 0.0341. The van der Waals surface area contributed by atoms with E-state index in [1.165, 1.54) is 205 Å². The van der Waals surface area contributed by atoms with Gasteiger partial charge >= 0.3 is 11.9 Å². The minimum atomic E-state index is -1.12. The Bertz CT molecular complexity index is 982. The van der Waals surface area contributed by atoms with Crippen molar-refractivity contribution in [2.24, 2.45) is 0 Å². The first kappa shape index (κ1) is 60.3. The third-order valence-corrected chi connectivity index (χ3v) is 12.7. The van der Waals surface area contributed by atoms with Crippen LogP contribution in [0.25, 0.3) is 0 Å². The second-order valence-electron chi connectivity index (χ2n) is 19.8. The van der Waals surface area contributed by atoms with Gasteiger partial charge in [-0.15, -0.1) is 0 Å². The number of likely N-dealkylation sites (N-methyl/N-ethyl adjacent to an activating group) is 1.